The normalized spacial score (nSPS) is 10.9. The molecule has 7 aromatic rings. The largest absolute Gasteiger partial charge is 0.310 e. The first-order valence-corrected chi connectivity index (χ1v) is 13.4. The molecule has 6 aromatic carbocycles. The number of rotatable bonds is 4. The fourth-order valence-electron chi connectivity index (χ4n) is 5.74. The van der Waals surface area contributed by atoms with Crippen LogP contribution >= 0.6 is 0 Å². The molecule has 41 heavy (non-hydrogen) atoms. The quantitative estimate of drug-likeness (QED) is 0.212. The Labute approximate surface area is 238 Å². The predicted octanol–water partition coefficient (Wildman–Crippen LogP) is 10.2. The summed E-state index contributed by atoms with van der Waals surface area (Å²) in [6, 6.07) is 49.6. The number of nitrogens with zero attached hydrogens (tertiary/aromatic N) is 3. The van der Waals surface area contributed by atoms with E-state index in [0.29, 0.717) is 11.3 Å². The number of para-hydroxylation sites is 2. The summed E-state index contributed by atoms with van der Waals surface area (Å²) < 4.78 is 2.25. The summed E-state index contributed by atoms with van der Waals surface area (Å²) in [5.74, 6) is 0. The highest BCUT2D eigenvalue weighted by Gasteiger charge is 2.15. The van der Waals surface area contributed by atoms with Crippen LogP contribution in [0.3, 0.4) is 0 Å². The molecule has 0 aliphatic heterocycles. The molecule has 0 N–H and O–H groups in total. The van der Waals surface area contributed by atoms with Gasteiger partial charge in [0.05, 0.1) is 29.2 Å². The number of fused-ring (bicyclic) bond motifs is 3. The lowest BCUT2D eigenvalue weighted by atomic mass is 9.91. The Bertz CT molecular complexity index is 2120. The average molecular weight is 522 g/mol. The highest BCUT2D eigenvalue weighted by Crippen LogP contribution is 2.38. The minimum atomic E-state index is 0.573. The molecule has 0 atom stereocenters. The highest BCUT2D eigenvalue weighted by atomic mass is 15.0. The smallest absolute Gasteiger partial charge is 0.189 e. The van der Waals surface area contributed by atoms with E-state index in [1.165, 1.54) is 10.8 Å². The lowest BCUT2D eigenvalue weighted by Gasteiger charge is -2.15. The SMILES string of the molecule is [C-]#[N+]c1cc(-c2cc(-c3ccccc3)cc(-c3ccccc3C#N)c2)cc(-n2c3ccccc3c3ccccc32)c1. The number of hydrogen-bond acceptors (Lipinski definition) is 1. The van der Waals surface area contributed by atoms with Gasteiger partial charge in [0.25, 0.3) is 0 Å². The van der Waals surface area contributed by atoms with E-state index in [1.54, 1.807) is 0 Å². The van der Waals surface area contributed by atoms with Crippen LogP contribution in [0.1, 0.15) is 5.56 Å². The van der Waals surface area contributed by atoms with E-state index in [2.05, 4.69) is 100 Å². The van der Waals surface area contributed by atoms with E-state index in [0.717, 1.165) is 50.1 Å². The molecule has 0 spiro atoms. The van der Waals surface area contributed by atoms with E-state index in [4.69, 9.17) is 6.57 Å². The fourth-order valence-corrected chi connectivity index (χ4v) is 5.74. The Hall–Kier alpha value is -5.90. The van der Waals surface area contributed by atoms with Gasteiger partial charge in [0.15, 0.2) is 5.69 Å². The number of aromatic nitrogens is 1. The van der Waals surface area contributed by atoms with Gasteiger partial charge in [0.1, 0.15) is 0 Å². The molecule has 190 valence electrons. The van der Waals surface area contributed by atoms with Crippen LogP contribution in [0.5, 0.6) is 0 Å². The molecule has 0 saturated heterocycles. The van der Waals surface area contributed by atoms with Gasteiger partial charge < -0.3 is 4.57 Å². The molecule has 0 amide bonds. The monoisotopic (exact) mass is 521 g/mol. The molecule has 0 bridgehead atoms. The van der Waals surface area contributed by atoms with E-state index in [1.807, 2.05) is 54.6 Å². The van der Waals surface area contributed by atoms with Crippen LogP contribution in [0.15, 0.2) is 140 Å². The van der Waals surface area contributed by atoms with Crippen molar-refractivity contribution in [3.05, 3.63) is 157 Å². The Morgan fingerprint density at radius 1 is 0.537 bits per heavy atom. The zero-order valence-corrected chi connectivity index (χ0v) is 22.1. The molecule has 1 aromatic heterocycles. The lowest BCUT2D eigenvalue weighted by molar-refractivity contribution is 1.18. The lowest BCUT2D eigenvalue weighted by Crippen LogP contribution is -1.95. The van der Waals surface area contributed by atoms with Crippen LogP contribution in [0.4, 0.5) is 5.69 Å². The predicted molar refractivity (Wildman–Crippen MR) is 168 cm³/mol. The summed E-state index contributed by atoms with van der Waals surface area (Å²) in [5, 5.41) is 12.2. The molecule has 0 saturated carbocycles. The van der Waals surface area contributed by atoms with Crippen molar-refractivity contribution in [2.75, 3.05) is 0 Å². The topological polar surface area (TPSA) is 33.1 Å². The summed E-state index contributed by atoms with van der Waals surface area (Å²) in [4.78, 5) is 3.87. The van der Waals surface area contributed by atoms with Crippen molar-refractivity contribution in [2.24, 2.45) is 0 Å². The molecular weight excluding hydrogens is 498 g/mol. The van der Waals surface area contributed by atoms with Crippen LogP contribution < -0.4 is 0 Å². The molecule has 3 heteroatoms. The van der Waals surface area contributed by atoms with E-state index in [-0.39, 0.29) is 0 Å². The van der Waals surface area contributed by atoms with Gasteiger partial charge in [-0.05, 0) is 88.0 Å². The van der Waals surface area contributed by atoms with Gasteiger partial charge in [-0.25, -0.2) is 4.85 Å². The first-order valence-electron chi connectivity index (χ1n) is 13.4. The molecule has 1 heterocycles. The van der Waals surface area contributed by atoms with Crippen LogP contribution in [-0.4, -0.2) is 4.57 Å². The van der Waals surface area contributed by atoms with Crippen LogP contribution in [0.2, 0.25) is 0 Å². The van der Waals surface area contributed by atoms with E-state index >= 15 is 0 Å². The maximum atomic E-state index is 9.85. The van der Waals surface area contributed by atoms with Gasteiger partial charge in [-0.15, -0.1) is 0 Å². The van der Waals surface area contributed by atoms with Gasteiger partial charge in [0.2, 0.25) is 0 Å². The minimum absolute atomic E-state index is 0.573. The number of nitriles is 1. The Morgan fingerprint density at radius 3 is 1.78 bits per heavy atom. The second-order valence-electron chi connectivity index (χ2n) is 10.0. The molecule has 0 aliphatic carbocycles. The Kier molecular flexibility index (Phi) is 5.90. The van der Waals surface area contributed by atoms with Gasteiger partial charge in [-0.2, -0.15) is 5.26 Å². The summed E-state index contributed by atoms with van der Waals surface area (Å²) in [6.07, 6.45) is 0. The van der Waals surface area contributed by atoms with Crippen molar-refractivity contribution in [1.29, 1.82) is 5.26 Å². The molecular formula is C38H23N3. The molecule has 0 fully saturated rings. The van der Waals surface area contributed by atoms with Crippen molar-refractivity contribution >= 4 is 27.5 Å². The standard InChI is InChI=1S/C38H23N3/c1-40-32-22-30(23-33(24-32)41-37-17-9-7-15-35(37)36-16-8-10-18-38(36)41)29-19-28(26-11-3-2-4-12-26)20-31(21-29)34-14-6-5-13-27(34)25-39/h2-24H. The zero-order valence-electron chi connectivity index (χ0n) is 22.1. The van der Waals surface area contributed by atoms with Gasteiger partial charge in [-0.1, -0.05) is 84.9 Å². The van der Waals surface area contributed by atoms with Crippen LogP contribution in [0.25, 0.3) is 65.7 Å². The molecule has 0 aliphatic rings. The number of benzene rings is 6. The minimum Gasteiger partial charge on any atom is -0.310 e. The fraction of sp³-hybridized carbons (Fsp3) is 0. The van der Waals surface area contributed by atoms with Gasteiger partial charge in [-0.3, -0.25) is 0 Å². The average Bonchev–Trinajstić information content (AvgIpc) is 3.39. The Morgan fingerprint density at radius 2 is 1.10 bits per heavy atom. The first kappa shape index (κ1) is 24.2. The van der Waals surface area contributed by atoms with Gasteiger partial charge in [0, 0.05) is 16.5 Å². The summed E-state index contributed by atoms with van der Waals surface area (Å²) in [5.41, 5.74) is 10.3. The van der Waals surface area contributed by atoms with Crippen LogP contribution in [0, 0.1) is 17.9 Å². The summed E-state index contributed by atoms with van der Waals surface area (Å²) in [6.45, 7) is 7.94. The Balaban J connectivity index is 1.50. The molecule has 0 unspecified atom stereocenters. The van der Waals surface area contributed by atoms with Crippen molar-refractivity contribution < 1.29 is 0 Å². The summed E-state index contributed by atoms with van der Waals surface area (Å²) >= 11 is 0. The second-order valence-corrected chi connectivity index (χ2v) is 10.0. The van der Waals surface area contributed by atoms with E-state index in [9.17, 15) is 5.26 Å². The molecule has 0 radical (unpaired) electrons. The highest BCUT2D eigenvalue weighted by molar-refractivity contribution is 6.09. The van der Waals surface area contributed by atoms with E-state index < -0.39 is 0 Å². The maximum Gasteiger partial charge on any atom is 0.189 e. The molecule has 7 rings (SSSR count). The zero-order chi connectivity index (χ0) is 27.8. The van der Waals surface area contributed by atoms with Crippen molar-refractivity contribution in [3.63, 3.8) is 0 Å². The molecule has 3 nitrogen and oxygen atoms in total. The first-order chi connectivity index (χ1) is 20.2. The third kappa shape index (κ3) is 4.23. The van der Waals surface area contributed by atoms with Crippen molar-refractivity contribution in [3.8, 4) is 45.1 Å². The van der Waals surface area contributed by atoms with Crippen molar-refractivity contribution in [2.45, 2.75) is 0 Å². The van der Waals surface area contributed by atoms with Crippen LogP contribution in [-0.2, 0) is 0 Å². The second kappa shape index (κ2) is 10.0. The summed E-state index contributed by atoms with van der Waals surface area (Å²) in [7, 11) is 0. The van der Waals surface area contributed by atoms with Crippen molar-refractivity contribution in [1.82, 2.24) is 4.57 Å². The number of hydrogen-bond donors (Lipinski definition) is 0. The maximum absolute atomic E-state index is 9.85. The van der Waals surface area contributed by atoms with Gasteiger partial charge >= 0.3 is 0 Å². The third-order valence-electron chi connectivity index (χ3n) is 7.60. The third-order valence-corrected chi connectivity index (χ3v) is 7.60.